The van der Waals surface area contributed by atoms with Crippen LogP contribution in [0.1, 0.15) is 17.3 Å². The first kappa shape index (κ1) is 15.4. The maximum atomic E-state index is 12.4. The van der Waals surface area contributed by atoms with Gasteiger partial charge in [0.1, 0.15) is 18.3 Å². The molecule has 0 radical (unpaired) electrons. The van der Waals surface area contributed by atoms with E-state index in [4.69, 9.17) is 5.26 Å². The number of benzene rings is 1. The number of amides is 1. The Morgan fingerprint density at radius 2 is 1.88 bits per heavy atom. The van der Waals surface area contributed by atoms with Gasteiger partial charge in [0.2, 0.25) is 0 Å². The van der Waals surface area contributed by atoms with Crippen molar-refractivity contribution in [3.63, 3.8) is 0 Å². The van der Waals surface area contributed by atoms with Crippen LogP contribution in [0.15, 0.2) is 60.3 Å². The van der Waals surface area contributed by atoms with E-state index in [-0.39, 0.29) is 17.9 Å². The average Bonchev–Trinajstić information content (AvgIpc) is 2.88. The Labute approximate surface area is 138 Å². The van der Waals surface area contributed by atoms with Crippen molar-refractivity contribution in [1.82, 2.24) is 9.88 Å². The Balaban J connectivity index is 2.20. The number of Topliss-reactive ketones (excluding diaryl/α,β-unsaturated/α-hetero) is 1. The fourth-order valence-corrected chi connectivity index (χ4v) is 2.72. The first-order valence-electron chi connectivity index (χ1n) is 7.27. The van der Waals surface area contributed by atoms with Crippen molar-refractivity contribution < 1.29 is 14.7 Å². The topological polar surface area (TPSA) is 94.3 Å². The van der Waals surface area contributed by atoms with Gasteiger partial charge in [-0.05, 0) is 12.1 Å². The van der Waals surface area contributed by atoms with Crippen LogP contribution in [0.5, 0.6) is 0 Å². The first-order chi connectivity index (χ1) is 11.6. The number of hydrogen-bond donors (Lipinski definition) is 1. The minimum Gasteiger partial charge on any atom is -0.507 e. The van der Waals surface area contributed by atoms with E-state index in [1.54, 1.807) is 48.5 Å². The lowest BCUT2D eigenvalue weighted by Crippen LogP contribution is -2.30. The number of aromatic nitrogens is 1. The van der Waals surface area contributed by atoms with Gasteiger partial charge in [0.15, 0.2) is 0 Å². The lowest BCUT2D eigenvalue weighted by atomic mass is 9.98. The summed E-state index contributed by atoms with van der Waals surface area (Å²) in [6.45, 7) is -0.266. The molecule has 1 aliphatic heterocycles. The molecule has 1 amide bonds. The van der Waals surface area contributed by atoms with Crippen LogP contribution in [0, 0.1) is 11.3 Å². The molecule has 1 N–H and O–H groups in total. The highest BCUT2D eigenvalue weighted by Crippen LogP contribution is 2.38. The zero-order valence-corrected chi connectivity index (χ0v) is 12.6. The van der Waals surface area contributed by atoms with E-state index in [2.05, 4.69) is 4.98 Å². The minimum absolute atomic E-state index is 0.0554. The van der Waals surface area contributed by atoms with Gasteiger partial charge in [-0.25, -0.2) is 0 Å². The van der Waals surface area contributed by atoms with E-state index in [1.165, 1.54) is 6.20 Å². The van der Waals surface area contributed by atoms with Crippen LogP contribution in [0.3, 0.4) is 0 Å². The SMILES string of the molecule is N#CCN1C(=O)C(=O)C(=C(O)c2ccccc2)C1c1ccccn1. The Hall–Kier alpha value is -3.46. The van der Waals surface area contributed by atoms with E-state index < -0.39 is 17.7 Å². The molecular weight excluding hydrogens is 306 g/mol. The van der Waals surface area contributed by atoms with Crippen molar-refractivity contribution in [2.45, 2.75) is 6.04 Å². The number of likely N-dealkylation sites (tertiary alicyclic amines) is 1. The van der Waals surface area contributed by atoms with Gasteiger partial charge in [0.05, 0.1) is 17.3 Å². The summed E-state index contributed by atoms with van der Waals surface area (Å²) in [6.07, 6.45) is 1.53. The molecule has 6 heteroatoms. The number of nitriles is 1. The highest BCUT2D eigenvalue weighted by molar-refractivity contribution is 6.46. The number of carbonyl (C=O) groups is 2. The molecule has 6 nitrogen and oxygen atoms in total. The molecule has 24 heavy (non-hydrogen) atoms. The van der Waals surface area contributed by atoms with E-state index in [0.717, 1.165) is 4.90 Å². The smallest absolute Gasteiger partial charge is 0.296 e. The molecular formula is C18H13N3O3. The highest BCUT2D eigenvalue weighted by atomic mass is 16.3. The average molecular weight is 319 g/mol. The monoisotopic (exact) mass is 319 g/mol. The molecule has 1 saturated heterocycles. The first-order valence-corrected chi connectivity index (χ1v) is 7.27. The summed E-state index contributed by atoms with van der Waals surface area (Å²) in [6, 6.07) is 14.6. The minimum atomic E-state index is -0.883. The normalized spacial score (nSPS) is 19.3. The van der Waals surface area contributed by atoms with E-state index in [1.807, 2.05) is 6.07 Å². The number of pyridine rings is 1. The Kier molecular flexibility index (Phi) is 4.08. The molecule has 2 heterocycles. The molecule has 0 saturated carbocycles. The van der Waals surface area contributed by atoms with Crippen LogP contribution in [0.25, 0.3) is 5.76 Å². The largest absolute Gasteiger partial charge is 0.507 e. The van der Waals surface area contributed by atoms with Crippen molar-refractivity contribution >= 4 is 17.4 Å². The third kappa shape index (κ3) is 2.52. The summed E-state index contributed by atoms with van der Waals surface area (Å²) in [5.41, 5.74) is 0.790. The Morgan fingerprint density at radius 1 is 1.17 bits per heavy atom. The molecule has 1 aromatic carbocycles. The predicted octanol–water partition coefficient (Wildman–Crippen LogP) is 2.03. The van der Waals surface area contributed by atoms with Crippen molar-refractivity contribution in [2.75, 3.05) is 6.54 Å². The van der Waals surface area contributed by atoms with Gasteiger partial charge in [-0.3, -0.25) is 14.6 Å². The second kappa shape index (κ2) is 6.34. The van der Waals surface area contributed by atoms with Crippen LogP contribution in [-0.2, 0) is 9.59 Å². The molecule has 0 aliphatic carbocycles. The van der Waals surface area contributed by atoms with Crippen LogP contribution in [-0.4, -0.2) is 33.2 Å². The second-order valence-corrected chi connectivity index (χ2v) is 5.21. The molecule has 2 aromatic rings. The maximum absolute atomic E-state index is 12.4. The molecule has 118 valence electrons. The predicted molar refractivity (Wildman–Crippen MR) is 85.3 cm³/mol. The van der Waals surface area contributed by atoms with Gasteiger partial charge >= 0.3 is 0 Å². The molecule has 1 atom stereocenters. The fraction of sp³-hybridized carbons (Fsp3) is 0.111. The van der Waals surface area contributed by atoms with Crippen molar-refractivity contribution in [1.29, 1.82) is 5.26 Å². The number of rotatable bonds is 3. The number of aliphatic hydroxyl groups excluding tert-OH is 1. The van der Waals surface area contributed by atoms with Gasteiger partial charge in [0, 0.05) is 11.8 Å². The second-order valence-electron chi connectivity index (χ2n) is 5.21. The van der Waals surface area contributed by atoms with E-state index >= 15 is 0 Å². The van der Waals surface area contributed by atoms with Crippen molar-refractivity contribution in [3.8, 4) is 6.07 Å². The van der Waals surface area contributed by atoms with Crippen LogP contribution < -0.4 is 0 Å². The quantitative estimate of drug-likeness (QED) is 0.404. The van der Waals surface area contributed by atoms with Crippen molar-refractivity contribution in [2.24, 2.45) is 0 Å². The Morgan fingerprint density at radius 3 is 2.50 bits per heavy atom. The highest BCUT2D eigenvalue weighted by Gasteiger charge is 2.46. The lowest BCUT2D eigenvalue weighted by Gasteiger charge is -2.21. The van der Waals surface area contributed by atoms with E-state index in [0.29, 0.717) is 11.3 Å². The zero-order chi connectivity index (χ0) is 17.1. The van der Waals surface area contributed by atoms with Gasteiger partial charge in [0.25, 0.3) is 11.7 Å². The van der Waals surface area contributed by atoms with Gasteiger partial charge in [-0.2, -0.15) is 5.26 Å². The third-order valence-corrected chi connectivity index (χ3v) is 3.80. The van der Waals surface area contributed by atoms with Crippen LogP contribution >= 0.6 is 0 Å². The summed E-state index contributed by atoms with van der Waals surface area (Å²) < 4.78 is 0. The molecule has 1 unspecified atom stereocenters. The third-order valence-electron chi connectivity index (χ3n) is 3.80. The number of aliphatic hydroxyl groups is 1. The maximum Gasteiger partial charge on any atom is 0.296 e. The molecule has 0 spiro atoms. The summed E-state index contributed by atoms with van der Waals surface area (Å²) in [5.74, 6) is -1.91. The van der Waals surface area contributed by atoms with Crippen LogP contribution in [0.2, 0.25) is 0 Å². The molecule has 0 bridgehead atoms. The number of ketones is 1. The Bertz CT molecular complexity index is 854. The van der Waals surface area contributed by atoms with Gasteiger partial charge < -0.3 is 10.0 Å². The zero-order valence-electron chi connectivity index (χ0n) is 12.6. The summed E-state index contributed by atoms with van der Waals surface area (Å²) in [7, 11) is 0. The molecule has 3 rings (SSSR count). The van der Waals surface area contributed by atoms with Gasteiger partial charge in [-0.1, -0.05) is 36.4 Å². The number of nitrogens with zero attached hydrogens (tertiary/aromatic N) is 3. The summed E-state index contributed by atoms with van der Waals surface area (Å²) in [5, 5.41) is 19.6. The van der Waals surface area contributed by atoms with Crippen LogP contribution in [0.4, 0.5) is 0 Å². The van der Waals surface area contributed by atoms with Gasteiger partial charge in [-0.15, -0.1) is 0 Å². The molecule has 1 fully saturated rings. The fourth-order valence-electron chi connectivity index (χ4n) is 2.72. The summed E-state index contributed by atoms with van der Waals surface area (Å²) >= 11 is 0. The number of carbonyl (C=O) groups excluding carboxylic acids is 2. The lowest BCUT2D eigenvalue weighted by molar-refractivity contribution is -0.139. The standard InChI is InChI=1S/C18H13N3O3/c19-9-11-21-15(13-8-4-5-10-20-13)14(17(23)18(21)24)16(22)12-6-2-1-3-7-12/h1-8,10,15,22H,11H2. The number of hydrogen-bond acceptors (Lipinski definition) is 5. The molecule has 1 aromatic heterocycles. The summed E-state index contributed by atoms with van der Waals surface area (Å²) in [4.78, 5) is 30.0. The van der Waals surface area contributed by atoms with E-state index in [9.17, 15) is 14.7 Å². The van der Waals surface area contributed by atoms with Crippen molar-refractivity contribution in [3.05, 3.63) is 71.6 Å². The molecule has 1 aliphatic rings.